The van der Waals surface area contributed by atoms with Crippen molar-refractivity contribution in [3.05, 3.63) is 41.5 Å². The van der Waals surface area contributed by atoms with Gasteiger partial charge < -0.3 is 14.6 Å². The average molecular weight is 272 g/mol. The number of hydrogen-bond donors (Lipinski definition) is 1. The number of benzene rings is 1. The summed E-state index contributed by atoms with van der Waals surface area (Å²) in [7, 11) is 1.73. The van der Waals surface area contributed by atoms with Crippen LogP contribution in [0.15, 0.2) is 30.4 Å². The van der Waals surface area contributed by atoms with Crippen LogP contribution in [0.3, 0.4) is 0 Å². The summed E-state index contributed by atoms with van der Waals surface area (Å²) in [6.45, 7) is 0.943. The fourth-order valence-electron chi connectivity index (χ4n) is 4.48. The number of ether oxygens (including phenoxy) is 2. The zero-order valence-electron chi connectivity index (χ0n) is 11.7. The molecule has 0 saturated carbocycles. The van der Waals surface area contributed by atoms with Gasteiger partial charge in [0.05, 0.1) is 19.3 Å². The maximum absolute atomic E-state index is 9.83. The molecule has 0 unspecified atom stereocenters. The number of rotatable bonds is 2. The third-order valence-corrected chi connectivity index (χ3v) is 5.44. The van der Waals surface area contributed by atoms with Gasteiger partial charge in [-0.15, -0.1) is 0 Å². The standard InChI is InChI=1S/C17H20O3/c1-19-15-4-2-3-11-7-8-17-13(16(11)15)6-5-12(10-20-17)14(17)9-18/h2-6,12-14,18H,7-10H2,1H3/t12-,13-,14+,17-/m1/s1. The Balaban J connectivity index is 1.90. The lowest BCUT2D eigenvalue weighted by Gasteiger charge is -2.46. The van der Waals surface area contributed by atoms with Gasteiger partial charge in [-0.05, 0) is 24.5 Å². The van der Waals surface area contributed by atoms with Crippen LogP contribution < -0.4 is 4.74 Å². The third-order valence-electron chi connectivity index (χ3n) is 5.44. The normalized spacial score (nSPS) is 37.4. The predicted octanol–water partition coefficient (Wildman–Crippen LogP) is 2.29. The molecule has 2 bridgehead atoms. The molecule has 1 spiro atoms. The second kappa shape index (κ2) is 4.34. The Morgan fingerprint density at radius 2 is 2.30 bits per heavy atom. The van der Waals surface area contributed by atoms with E-state index in [1.807, 2.05) is 6.07 Å². The van der Waals surface area contributed by atoms with E-state index in [2.05, 4.69) is 24.3 Å². The lowest BCUT2D eigenvalue weighted by Crippen LogP contribution is -2.48. The highest BCUT2D eigenvalue weighted by Crippen LogP contribution is 2.57. The van der Waals surface area contributed by atoms with Gasteiger partial charge in [-0.3, -0.25) is 0 Å². The predicted molar refractivity (Wildman–Crippen MR) is 75.9 cm³/mol. The van der Waals surface area contributed by atoms with Crippen LogP contribution in [0.25, 0.3) is 0 Å². The Morgan fingerprint density at radius 1 is 1.40 bits per heavy atom. The van der Waals surface area contributed by atoms with Gasteiger partial charge in [0.25, 0.3) is 0 Å². The van der Waals surface area contributed by atoms with Gasteiger partial charge in [0, 0.05) is 29.9 Å². The van der Waals surface area contributed by atoms with E-state index >= 15 is 0 Å². The van der Waals surface area contributed by atoms with Gasteiger partial charge in [0.2, 0.25) is 0 Å². The number of aliphatic hydroxyl groups is 1. The molecule has 1 N–H and O–H groups in total. The van der Waals surface area contributed by atoms with Crippen LogP contribution in [0.2, 0.25) is 0 Å². The van der Waals surface area contributed by atoms with Crippen molar-refractivity contribution in [3.8, 4) is 5.75 Å². The van der Waals surface area contributed by atoms with Crippen molar-refractivity contribution >= 4 is 0 Å². The van der Waals surface area contributed by atoms with E-state index in [1.54, 1.807) is 7.11 Å². The first-order valence-corrected chi connectivity index (χ1v) is 7.39. The van der Waals surface area contributed by atoms with Crippen LogP contribution in [0.5, 0.6) is 5.75 Å². The van der Waals surface area contributed by atoms with E-state index in [-0.39, 0.29) is 24.0 Å². The van der Waals surface area contributed by atoms with Crippen molar-refractivity contribution < 1.29 is 14.6 Å². The van der Waals surface area contributed by atoms with Crippen molar-refractivity contribution in [2.24, 2.45) is 11.8 Å². The summed E-state index contributed by atoms with van der Waals surface area (Å²) >= 11 is 0. The van der Waals surface area contributed by atoms with Crippen molar-refractivity contribution in [2.45, 2.75) is 24.4 Å². The van der Waals surface area contributed by atoms with Crippen LogP contribution >= 0.6 is 0 Å². The molecule has 4 rings (SSSR count). The molecule has 1 fully saturated rings. The maximum atomic E-state index is 9.83. The Kier molecular flexibility index (Phi) is 2.69. The number of aryl methyl sites for hydroxylation is 1. The zero-order valence-corrected chi connectivity index (χ0v) is 11.7. The van der Waals surface area contributed by atoms with Crippen molar-refractivity contribution in [1.82, 2.24) is 0 Å². The molecular formula is C17H20O3. The Bertz CT molecular complexity index is 551. The van der Waals surface area contributed by atoms with Crippen LogP contribution in [0.4, 0.5) is 0 Å². The van der Waals surface area contributed by atoms with Crippen LogP contribution in [0.1, 0.15) is 23.5 Å². The highest BCUT2D eigenvalue weighted by molar-refractivity contribution is 5.50. The smallest absolute Gasteiger partial charge is 0.123 e. The number of fused-ring (bicyclic) bond motifs is 3. The molecule has 3 aliphatic rings. The molecule has 3 heteroatoms. The first-order chi connectivity index (χ1) is 9.80. The third kappa shape index (κ3) is 1.42. The Labute approximate surface area is 119 Å². The summed E-state index contributed by atoms with van der Waals surface area (Å²) in [5.74, 6) is 1.74. The summed E-state index contributed by atoms with van der Waals surface area (Å²) in [5.41, 5.74) is 2.39. The molecule has 106 valence electrons. The van der Waals surface area contributed by atoms with Gasteiger partial charge in [0.1, 0.15) is 5.75 Å². The molecule has 1 aromatic carbocycles. The molecule has 2 aliphatic carbocycles. The lowest BCUT2D eigenvalue weighted by molar-refractivity contribution is -0.0575. The Hall–Kier alpha value is -1.32. The van der Waals surface area contributed by atoms with Gasteiger partial charge in [-0.25, -0.2) is 0 Å². The fourth-order valence-corrected chi connectivity index (χ4v) is 4.48. The largest absolute Gasteiger partial charge is 0.496 e. The molecule has 0 radical (unpaired) electrons. The summed E-state index contributed by atoms with van der Waals surface area (Å²) in [4.78, 5) is 0. The van der Waals surface area contributed by atoms with Gasteiger partial charge >= 0.3 is 0 Å². The van der Waals surface area contributed by atoms with E-state index in [0.717, 1.165) is 25.2 Å². The molecule has 1 aromatic rings. The minimum atomic E-state index is -0.226. The minimum absolute atomic E-state index is 0.204. The van der Waals surface area contributed by atoms with E-state index in [9.17, 15) is 5.11 Å². The molecule has 1 heterocycles. The molecule has 20 heavy (non-hydrogen) atoms. The molecule has 0 aromatic heterocycles. The fraction of sp³-hybridized carbons (Fsp3) is 0.529. The molecular weight excluding hydrogens is 252 g/mol. The molecule has 1 saturated heterocycles. The molecule has 4 atom stereocenters. The lowest BCUT2D eigenvalue weighted by atomic mass is 9.61. The van der Waals surface area contributed by atoms with Gasteiger partial charge in [-0.1, -0.05) is 24.3 Å². The van der Waals surface area contributed by atoms with Crippen molar-refractivity contribution in [2.75, 3.05) is 20.3 Å². The molecule has 3 nitrogen and oxygen atoms in total. The summed E-state index contributed by atoms with van der Waals surface area (Å²) in [6.07, 6.45) is 6.51. The van der Waals surface area contributed by atoms with Gasteiger partial charge in [0.15, 0.2) is 0 Å². The first kappa shape index (κ1) is 12.4. The van der Waals surface area contributed by atoms with E-state index < -0.39 is 0 Å². The SMILES string of the molecule is COc1cccc2c1[C@H]1C=C[C@@H]3CO[C@@]1(CC2)[C@H]3CO. The van der Waals surface area contributed by atoms with Crippen molar-refractivity contribution in [1.29, 1.82) is 0 Å². The second-order valence-corrected chi connectivity index (χ2v) is 6.11. The van der Waals surface area contributed by atoms with Crippen molar-refractivity contribution in [3.63, 3.8) is 0 Å². The molecule has 0 amide bonds. The summed E-state index contributed by atoms with van der Waals surface area (Å²) in [5, 5.41) is 9.83. The highest BCUT2D eigenvalue weighted by atomic mass is 16.5. The van der Waals surface area contributed by atoms with Crippen LogP contribution in [-0.4, -0.2) is 31.0 Å². The monoisotopic (exact) mass is 272 g/mol. The number of hydrogen-bond acceptors (Lipinski definition) is 3. The van der Waals surface area contributed by atoms with E-state index in [4.69, 9.17) is 9.47 Å². The highest BCUT2D eigenvalue weighted by Gasteiger charge is 2.57. The van der Waals surface area contributed by atoms with Gasteiger partial charge in [-0.2, -0.15) is 0 Å². The minimum Gasteiger partial charge on any atom is -0.496 e. The van der Waals surface area contributed by atoms with E-state index in [1.165, 1.54) is 11.1 Å². The number of methoxy groups -OCH3 is 1. The second-order valence-electron chi connectivity index (χ2n) is 6.11. The summed E-state index contributed by atoms with van der Waals surface area (Å²) < 4.78 is 11.8. The number of aliphatic hydroxyl groups excluding tert-OH is 1. The Morgan fingerprint density at radius 3 is 3.10 bits per heavy atom. The quantitative estimate of drug-likeness (QED) is 0.840. The maximum Gasteiger partial charge on any atom is 0.123 e. The summed E-state index contributed by atoms with van der Waals surface area (Å²) in [6, 6.07) is 6.28. The average Bonchev–Trinajstić information content (AvgIpc) is 2.72. The molecule has 1 aliphatic heterocycles. The van der Waals surface area contributed by atoms with E-state index in [0.29, 0.717) is 5.92 Å². The zero-order chi connectivity index (χ0) is 13.7. The topological polar surface area (TPSA) is 38.7 Å². The first-order valence-electron chi connectivity index (χ1n) is 7.39. The van der Waals surface area contributed by atoms with Crippen LogP contribution in [-0.2, 0) is 11.2 Å². The van der Waals surface area contributed by atoms with Crippen LogP contribution in [0, 0.1) is 11.8 Å².